The van der Waals surface area contributed by atoms with E-state index in [1.807, 2.05) is 24.9 Å². The molecule has 0 spiro atoms. The Morgan fingerprint density at radius 3 is 2.54 bits per heavy atom. The van der Waals surface area contributed by atoms with E-state index in [0.29, 0.717) is 49.7 Å². The Morgan fingerprint density at radius 1 is 1.08 bits per heavy atom. The van der Waals surface area contributed by atoms with E-state index in [-0.39, 0.29) is 24.2 Å². The second-order valence-corrected chi connectivity index (χ2v) is 11.1. The van der Waals surface area contributed by atoms with Crippen LogP contribution in [0.2, 0.25) is 0 Å². The topological polar surface area (TPSA) is 94.5 Å². The maximum Gasteiger partial charge on any atom is 0.421 e. The normalized spacial score (nSPS) is 24.7. The van der Waals surface area contributed by atoms with Crippen molar-refractivity contribution in [1.82, 2.24) is 34.4 Å². The number of carbonyl (C=O) groups is 1. The largest absolute Gasteiger partial charge is 0.421 e. The van der Waals surface area contributed by atoms with Gasteiger partial charge in [0.2, 0.25) is 11.9 Å². The fraction of sp³-hybridized carbons (Fsp3) is 0.692. The highest BCUT2D eigenvalue weighted by Gasteiger charge is 2.39. The van der Waals surface area contributed by atoms with Crippen LogP contribution in [0.5, 0.6) is 0 Å². The van der Waals surface area contributed by atoms with E-state index >= 15 is 0 Å². The number of aromatic nitrogens is 4. The standard InChI is InChI=1S/C26H38F3N9O/c1-17-22(16-38(34-17)20-13-18-5-6-19(14-20)36(18)3)32-25-31-15-21(26(27,28)29)24(33-25)30-8-4-9-37-12-11-35(2)10-7-23(37)39/h15-16,18-20H,4-14H2,1-3H3,(H2,30,31,32,33). The van der Waals surface area contributed by atoms with Gasteiger partial charge in [-0.25, -0.2) is 4.98 Å². The highest BCUT2D eigenvalue weighted by molar-refractivity contribution is 5.76. The summed E-state index contributed by atoms with van der Waals surface area (Å²) in [5.41, 5.74) is 0.499. The fourth-order valence-electron chi connectivity index (χ4n) is 5.98. The third-order valence-corrected chi connectivity index (χ3v) is 8.41. The van der Waals surface area contributed by atoms with E-state index in [4.69, 9.17) is 5.10 Å². The minimum absolute atomic E-state index is 0.0716. The molecule has 0 radical (unpaired) electrons. The van der Waals surface area contributed by atoms with E-state index < -0.39 is 11.7 Å². The summed E-state index contributed by atoms with van der Waals surface area (Å²) in [6.07, 6.45) is 3.58. The molecule has 3 saturated heterocycles. The number of carbonyl (C=O) groups excluding carboxylic acids is 1. The van der Waals surface area contributed by atoms with Gasteiger partial charge in [-0.2, -0.15) is 23.3 Å². The van der Waals surface area contributed by atoms with E-state index in [0.717, 1.165) is 37.8 Å². The van der Waals surface area contributed by atoms with Gasteiger partial charge in [0.1, 0.15) is 11.4 Å². The van der Waals surface area contributed by atoms with Gasteiger partial charge in [0, 0.05) is 63.6 Å². The predicted octanol–water partition coefficient (Wildman–Crippen LogP) is 3.51. The van der Waals surface area contributed by atoms with Gasteiger partial charge < -0.3 is 25.3 Å². The van der Waals surface area contributed by atoms with Crippen LogP contribution in [-0.2, 0) is 11.0 Å². The van der Waals surface area contributed by atoms with Gasteiger partial charge in [0.15, 0.2) is 0 Å². The van der Waals surface area contributed by atoms with Gasteiger partial charge in [-0.3, -0.25) is 9.48 Å². The van der Waals surface area contributed by atoms with E-state index in [9.17, 15) is 18.0 Å². The minimum atomic E-state index is -4.60. The number of piperidine rings is 1. The Balaban J connectivity index is 1.24. The molecule has 2 bridgehead atoms. The van der Waals surface area contributed by atoms with Crippen molar-refractivity contribution < 1.29 is 18.0 Å². The number of rotatable bonds is 8. The van der Waals surface area contributed by atoms with E-state index in [1.54, 1.807) is 4.90 Å². The zero-order valence-corrected chi connectivity index (χ0v) is 22.8. The number of likely N-dealkylation sites (N-methyl/N-ethyl adjacent to an activating group) is 1. The number of nitrogens with zero attached hydrogens (tertiary/aromatic N) is 7. The first-order valence-corrected chi connectivity index (χ1v) is 13.8. The van der Waals surface area contributed by atoms with E-state index in [1.165, 1.54) is 12.8 Å². The van der Waals surface area contributed by atoms with Gasteiger partial charge in [-0.1, -0.05) is 0 Å². The average Bonchev–Trinajstić information content (AvgIpc) is 3.25. The molecule has 13 heteroatoms. The number of nitrogens with one attached hydrogen (secondary N) is 2. The molecule has 0 aromatic carbocycles. The summed E-state index contributed by atoms with van der Waals surface area (Å²) in [7, 11) is 4.17. The Morgan fingerprint density at radius 2 is 1.82 bits per heavy atom. The number of aryl methyl sites for hydroxylation is 1. The van der Waals surface area contributed by atoms with Gasteiger partial charge in [-0.15, -0.1) is 0 Å². The molecule has 2 atom stereocenters. The Hall–Kier alpha value is -2.93. The summed E-state index contributed by atoms with van der Waals surface area (Å²) in [5, 5.41) is 10.6. The van der Waals surface area contributed by atoms with Crippen molar-refractivity contribution in [1.29, 1.82) is 0 Å². The molecular formula is C26H38F3N9O. The van der Waals surface area contributed by atoms with Crippen molar-refractivity contribution in [2.45, 2.75) is 69.8 Å². The van der Waals surface area contributed by atoms with Gasteiger partial charge >= 0.3 is 6.18 Å². The second kappa shape index (κ2) is 11.3. The van der Waals surface area contributed by atoms with Gasteiger partial charge in [-0.05, 0) is 53.1 Å². The number of halogens is 3. The zero-order valence-electron chi connectivity index (χ0n) is 22.8. The number of anilines is 3. The molecule has 10 nitrogen and oxygen atoms in total. The van der Waals surface area contributed by atoms with Crippen molar-refractivity contribution in [3.63, 3.8) is 0 Å². The van der Waals surface area contributed by atoms with Gasteiger partial charge in [0.05, 0.1) is 17.4 Å². The first-order chi connectivity index (χ1) is 18.6. The lowest BCUT2D eigenvalue weighted by atomic mass is 9.98. The van der Waals surface area contributed by atoms with Crippen LogP contribution in [0, 0.1) is 6.92 Å². The number of hydrogen-bond acceptors (Lipinski definition) is 8. The van der Waals surface area contributed by atoms with Crippen LogP contribution in [0.1, 0.15) is 55.8 Å². The molecule has 5 rings (SSSR count). The molecule has 0 saturated carbocycles. The van der Waals surface area contributed by atoms with Crippen LogP contribution >= 0.6 is 0 Å². The molecule has 214 valence electrons. The van der Waals surface area contributed by atoms with E-state index in [2.05, 4.69) is 37.4 Å². The summed E-state index contributed by atoms with van der Waals surface area (Å²) in [6, 6.07) is 1.44. The zero-order chi connectivity index (χ0) is 27.7. The van der Waals surface area contributed by atoms with Crippen molar-refractivity contribution in [3.8, 4) is 0 Å². The van der Waals surface area contributed by atoms with Crippen LogP contribution < -0.4 is 10.6 Å². The minimum Gasteiger partial charge on any atom is -0.369 e. The molecule has 3 aliphatic rings. The molecule has 2 aromatic rings. The summed E-state index contributed by atoms with van der Waals surface area (Å²) in [6.45, 7) is 4.72. The molecule has 2 aromatic heterocycles. The third-order valence-electron chi connectivity index (χ3n) is 8.41. The molecule has 39 heavy (non-hydrogen) atoms. The molecule has 3 fully saturated rings. The number of alkyl halides is 3. The number of amides is 1. The fourth-order valence-corrected chi connectivity index (χ4v) is 5.98. The summed E-state index contributed by atoms with van der Waals surface area (Å²) in [5.74, 6) is -0.131. The van der Waals surface area contributed by atoms with Crippen LogP contribution in [0.4, 0.5) is 30.6 Å². The smallest absolute Gasteiger partial charge is 0.369 e. The first-order valence-electron chi connectivity index (χ1n) is 13.8. The molecule has 5 heterocycles. The van der Waals surface area contributed by atoms with Crippen molar-refractivity contribution in [2.75, 3.05) is 57.5 Å². The second-order valence-electron chi connectivity index (χ2n) is 11.1. The van der Waals surface area contributed by atoms with Crippen molar-refractivity contribution in [2.24, 2.45) is 0 Å². The Kier molecular flexibility index (Phi) is 7.99. The van der Waals surface area contributed by atoms with Crippen LogP contribution in [0.25, 0.3) is 0 Å². The van der Waals surface area contributed by atoms with Gasteiger partial charge in [0.25, 0.3) is 0 Å². The molecule has 3 aliphatic heterocycles. The molecular weight excluding hydrogens is 511 g/mol. The number of hydrogen-bond donors (Lipinski definition) is 2. The van der Waals surface area contributed by atoms with Crippen molar-refractivity contribution >= 4 is 23.4 Å². The summed E-state index contributed by atoms with van der Waals surface area (Å²) in [4.78, 5) is 26.8. The quantitative estimate of drug-likeness (QED) is 0.484. The first kappa shape index (κ1) is 27.6. The highest BCUT2D eigenvalue weighted by atomic mass is 19.4. The average molecular weight is 550 g/mol. The molecule has 2 unspecified atom stereocenters. The van der Waals surface area contributed by atoms with Crippen molar-refractivity contribution in [3.05, 3.63) is 23.7 Å². The van der Waals surface area contributed by atoms with Crippen LogP contribution in [-0.4, -0.2) is 99.3 Å². The van der Waals surface area contributed by atoms with Crippen LogP contribution in [0.15, 0.2) is 12.4 Å². The maximum absolute atomic E-state index is 13.7. The lowest BCUT2D eigenvalue weighted by Crippen LogP contribution is -2.40. The Labute approximate surface area is 226 Å². The summed E-state index contributed by atoms with van der Waals surface area (Å²) < 4.78 is 43.1. The van der Waals surface area contributed by atoms with Crippen LogP contribution in [0.3, 0.4) is 0 Å². The monoisotopic (exact) mass is 549 g/mol. The number of fused-ring (bicyclic) bond motifs is 2. The molecule has 1 amide bonds. The molecule has 2 N–H and O–H groups in total. The maximum atomic E-state index is 13.7. The lowest BCUT2D eigenvalue weighted by molar-refractivity contribution is -0.137. The molecule has 0 aliphatic carbocycles. The Bertz CT molecular complexity index is 1160. The predicted molar refractivity (Wildman–Crippen MR) is 142 cm³/mol. The SMILES string of the molecule is Cc1nn(C2CC3CCC(C2)N3C)cc1Nc1ncc(C(F)(F)F)c(NCCCN2CCN(C)CCC2=O)n1. The summed E-state index contributed by atoms with van der Waals surface area (Å²) >= 11 is 0. The lowest BCUT2D eigenvalue weighted by Gasteiger charge is -2.36. The third kappa shape index (κ3) is 6.29. The highest BCUT2D eigenvalue weighted by Crippen LogP contribution is 2.40.